The SMILES string of the molecule is CNC(CCc1cccc(OC)c1)COC. The predicted octanol–water partition coefficient (Wildman–Crippen LogP) is 1.86. The van der Waals surface area contributed by atoms with E-state index in [1.807, 2.05) is 19.2 Å². The summed E-state index contributed by atoms with van der Waals surface area (Å²) in [4.78, 5) is 0. The second-order valence-electron chi connectivity index (χ2n) is 3.83. The zero-order valence-electron chi connectivity index (χ0n) is 10.3. The van der Waals surface area contributed by atoms with Crippen LogP contribution in [0.2, 0.25) is 0 Å². The monoisotopic (exact) mass is 223 g/mol. The van der Waals surface area contributed by atoms with Crippen LogP contribution in [-0.2, 0) is 11.2 Å². The average molecular weight is 223 g/mol. The van der Waals surface area contributed by atoms with Crippen molar-refractivity contribution in [1.29, 1.82) is 0 Å². The molecule has 0 bridgehead atoms. The standard InChI is InChI=1S/C13H21NO2/c1-14-12(10-15-2)8-7-11-5-4-6-13(9-11)16-3/h4-6,9,12,14H,7-8,10H2,1-3H3. The minimum Gasteiger partial charge on any atom is -0.497 e. The number of nitrogens with one attached hydrogen (secondary N) is 1. The summed E-state index contributed by atoms with van der Waals surface area (Å²) < 4.78 is 10.3. The fourth-order valence-corrected chi connectivity index (χ4v) is 1.68. The lowest BCUT2D eigenvalue weighted by atomic mass is 10.1. The number of hydrogen-bond donors (Lipinski definition) is 1. The van der Waals surface area contributed by atoms with Crippen molar-refractivity contribution in [3.63, 3.8) is 0 Å². The third kappa shape index (κ3) is 4.21. The minimum atomic E-state index is 0.413. The smallest absolute Gasteiger partial charge is 0.119 e. The highest BCUT2D eigenvalue weighted by Gasteiger charge is 2.05. The summed E-state index contributed by atoms with van der Waals surface area (Å²) in [6, 6.07) is 8.62. The van der Waals surface area contributed by atoms with Gasteiger partial charge >= 0.3 is 0 Å². The molecule has 1 unspecified atom stereocenters. The molecule has 1 N–H and O–H groups in total. The lowest BCUT2D eigenvalue weighted by molar-refractivity contribution is 0.166. The van der Waals surface area contributed by atoms with Crippen molar-refractivity contribution in [2.75, 3.05) is 27.9 Å². The molecule has 16 heavy (non-hydrogen) atoms. The lowest BCUT2D eigenvalue weighted by Crippen LogP contribution is -2.30. The molecule has 3 nitrogen and oxygen atoms in total. The number of methoxy groups -OCH3 is 2. The van der Waals surface area contributed by atoms with Crippen molar-refractivity contribution in [2.45, 2.75) is 18.9 Å². The molecular weight excluding hydrogens is 202 g/mol. The van der Waals surface area contributed by atoms with E-state index in [9.17, 15) is 0 Å². The van der Waals surface area contributed by atoms with Gasteiger partial charge < -0.3 is 14.8 Å². The van der Waals surface area contributed by atoms with Crippen molar-refractivity contribution < 1.29 is 9.47 Å². The number of ether oxygens (including phenoxy) is 2. The van der Waals surface area contributed by atoms with Gasteiger partial charge in [-0.25, -0.2) is 0 Å². The molecule has 90 valence electrons. The third-order valence-electron chi connectivity index (χ3n) is 2.69. The van der Waals surface area contributed by atoms with Gasteiger partial charge in [0.05, 0.1) is 13.7 Å². The van der Waals surface area contributed by atoms with Crippen LogP contribution in [0.4, 0.5) is 0 Å². The predicted molar refractivity (Wildman–Crippen MR) is 66.0 cm³/mol. The molecule has 1 rings (SSSR count). The maximum atomic E-state index is 5.20. The molecule has 0 aliphatic heterocycles. The van der Waals surface area contributed by atoms with Crippen molar-refractivity contribution in [2.24, 2.45) is 0 Å². The summed E-state index contributed by atoms with van der Waals surface area (Å²) in [5.41, 5.74) is 1.30. The molecule has 0 saturated heterocycles. The molecule has 1 aromatic carbocycles. The minimum absolute atomic E-state index is 0.413. The van der Waals surface area contributed by atoms with Crippen LogP contribution in [0.1, 0.15) is 12.0 Å². The Labute approximate surface area is 97.8 Å². The summed E-state index contributed by atoms with van der Waals surface area (Å²) in [5.74, 6) is 0.922. The van der Waals surface area contributed by atoms with E-state index >= 15 is 0 Å². The molecular formula is C13H21NO2. The fraction of sp³-hybridized carbons (Fsp3) is 0.538. The van der Waals surface area contributed by atoms with Gasteiger partial charge in [0.1, 0.15) is 5.75 Å². The maximum Gasteiger partial charge on any atom is 0.119 e. The molecule has 0 saturated carbocycles. The summed E-state index contributed by atoms with van der Waals surface area (Å²) in [6.45, 7) is 0.750. The second kappa shape index (κ2) is 7.25. The molecule has 0 aromatic heterocycles. The van der Waals surface area contributed by atoms with E-state index in [4.69, 9.17) is 9.47 Å². The van der Waals surface area contributed by atoms with Crippen molar-refractivity contribution in [3.8, 4) is 5.75 Å². The van der Waals surface area contributed by atoms with Crippen molar-refractivity contribution in [1.82, 2.24) is 5.32 Å². The van der Waals surface area contributed by atoms with Crippen LogP contribution in [0.25, 0.3) is 0 Å². The van der Waals surface area contributed by atoms with E-state index in [-0.39, 0.29) is 0 Å². The highest BCUT2D eigenvalue weighted by molar-refractivity contribution is 5.28. The highest BCUT2D eigenvalue weighted by Crippen LogP contribution is 2.14. The normalized spacial score (nSPS) is 12.4. The van der Waals surface area contributed by atoms with Crippen LogP contribution in [0, 0.1) is 0 Å². The molecule has 0 aliphatic carbocycles. The zero-order chi connectivity index (χ0) is 11.8. The Bertz CT molecular complexity index is 302. The lowest BCUT2D eigenvalue weighted by Gasteiger charge is -2.14. The van der Waals surface area contributed by atoms with Crippen molar-refractivity contribution >= 4 is 0 Å². The van der Waals surface area contributed by atoms with Crippen LogP contribution < -0.4 is 10.1 Å². The Hall–Kier alpha value is -1.06. The number of hydrogen-bond acceptors (Lipinski definition) is 3. The van der Waals surface area contributed by atoms with E-state index < -0.39 is 0 Å². The van der Waals surface area contributed by atoms with E-state index in [1.54, 1.807) is 14.2 Å². The van der Waals surface area contributed by atoms with Crippen LogP contribution >= 0.6 is 0 Å². The van der Waals surface area contributed by atoms with Gasteiger partial charge in [-0.1, -0.05) is 12.1 Å². The molecule has 1 atom stereocenters. The Morgan fingerprint density at radius 1 is 1.31 bits per heavy atom. The van der Waals surface area contributed by atoms with Gasteiger partial charge in [0, 0.05) is 13.2 Å². The number of likely N-dealkylation sites (N-methyl/N-ethyl adjacent to an activating group) is 1. The van der Waals surface area contributed by atoms with Gasteiger partial charge in [-0.05, 0) is 37.6 Å². The number of aryl methyl sites for hydroxylation is 1. The first-order valence-corrected chi connectivity index (χ1v) is 5.59. The molecule has 0 amide bonds. The van der Waals surface area contributed by atoms with Crippen LogP contribution in [0.5, 0.6) is 5.75 Å². The van der Waals surface area contributed by atoms with Crippen molar-refractivity contribution in [3.05, 3.63) is 29.8 Å². The van der Waals surface area contributed by atoms with Gasteiger partial charge in [-0.2, -0.15) is 0 Å². The summed E-state index contributed by atoms with van der Waals surface area (Å²) in [7, 11) is 5.39. The molecule has 0 spiro atoms. The maximum absolute atomic E-state index is 5.20. The van der Waals surface area contributed by atoms with Gasteiger partial charge in [0.25, 0.3) is 0 Å². The average Bonchev–Trinajstić information content (AvgIpc) is 2.34. The number of rotatable bonds is 7. The largest absolute Gasteiger partial charge is 0.497 e. The Morgan fingerprint density at radius 2 is 2.12 bits per heavy atom. The van der Waals surface area contributed by atoms with Gasteiger partial charge in [-0.15, -0.1) is 0 Å². The highest BCUT2D eigenvalue weighted by atomic mass is 16.5. The summed E-state index contributed by atoms with van der Waals surface area (Å²) in [6.07, 6.45) is 2.10. The zero-order valence-corrected chi connectivity index (χ0v) is 10.3. The first-order valence-electron chi connectivity index (χ1n) is 5.59. The van der Waals surface area contributed by atoms with E-state index in [0.29, 0.717) is 6.04 Å². The summed E-state index contributed by atoms with van der Waals surface area (Å²) >= 11 is 0. The molecule has 3 heteroatoms. The Kier molecular flexibility index (Phi) is 5.90. The second-order valence-corrected chi connectivity index (χ2v) is 3.83. The van der Waals surface area contributed by atoms with Gasteiger partial charge in [-0.3, -0.25) is 0 Å². The molecule has 0 aliphatic rings. The van der Waals surface area contributed by atoms with Crippen LogP contribution in [0.3, 0.4) is 0 Å². The van der Waals surface area contributed by atoms with Gasteiger partial charge in [0.2, 0.25) is 0 Å². The first kappa shape index (κ1) is 13.0. The van der Waals surface area contributed by atoms with Crippen LogP contribution in [0.15, 0.2) is 24.3 Å². The molecule has 0 radical (unpaired) electrons. The first-order chi connectivity index (χ1) is 7.80. The third-order valence-corrected chi connectivity index (χ3v) is 2.69. The molecule has 1 aromatic rings. The quantitative estimate of drug-likeness (QED) is 0.765. The summed E-state index contributed by atoms with van der Waals surface area (Å²) in [5, 5.41) is 3.25. The van der Waals surface area contributed by atoms with E-state index in [0.717, 1.165) is 25.2 Å². The Balaban J connectivity index is 2.46. The van der Waals surface area contributed by atoms with Crippen LogP contribution in [-0.4, -0.2) is 33.9 Å². The van der Waals surface area contributed by atoms with E-state index in [1.165, 1.54) is 5.56 Å². The molecule has 0 heterocycles. The molecule has 0 fully saturated rings. The topological polar surface area (TPSA) is 30.5 Å². The van der Waals surface area contributed by atoms with Gasteiger partial charge in [0.15, 0.2) is 0 Å². The Morgan fingerprint density at radius 3 is 2.75 bits per heavy atom. The number of benzene rings is 1. The van der Waals surface area contributed by atoms with E-state index in [2.05, 4.69) is 17.4 Å². The fourth-order valence-electron chi connectivity index (χ4n) is 1.68.